The molecule has 1 N–H and O–H groups in total. The third-order valence-electron chi connectivity index (χ3n) is 4.79. The van der Waals surface area contributed by atoms with Crippen molar-refractivity contribution in [1.29, 1.82) is 0 Å². The van der Waals surface area contributed by atoms with E-state index >= 15 is 0 Å². The second kappa shape index (κ2) is 9.56. The molecule has 2 heterocycles. The first-order valence-corrected chi connectivity index (χ1v) is 9.66. The van der Waals surface area contributed by atoms with E-state index in [0.29, 0.717) is 37.7 Å². The molecule has 0 radical (unpaired) electrons. The van der Waals surface area contributed by atoms with Crippen LogP contribution in [-0.4, -0.2) is 53.4 Å². The Morgan fingerprint density at radius 2 is 1.72 bits per heavy atom. The fraction of sp³-hybridized carbons (Fsp3) is 0.400. The number of hydrogen-bond donors (Lipinski definition) is 1. The van der Waals surface area contributed by atoms with Gasteiger partial charge in [-0.25, -0.2) is 0 Å². The first kappa shape index (κ1) is 21.5. The van der Waals surface area contributed by atoms with Gasteiger partial charge in [-0.2, -0.15) is 13.2 Å². The van der Waals surface area contributed by atoms with Gasteiger partial charge < -0.3 is 5.32 Å². The van der Waals surface area contributed by atoms with Gasteiger partial charge in [0.05, 0.1) is 6.54 Å². The summed E-state index contributed by atoms with van der Waals surface area (Å²) in [4.78, 5) is 19.6. The zero-order chi connectivity index (χ0) is 20.9. The fourth-order valence-electron chi connectivity index (χ4n) is 3.23. The molecule has 5 nitrogen and oxygen atoms in total. The molecule has 1 aromatic carbocycles. The van der Waals surface area contributed by atoms with Crippen molar-refractivity contribution >= 4 is 17.5 Å². The highest BCUT2D eigenvalue weighted by Gasteiger charge is 2.35. The predicted octanol–water partition coefficient (Wildman–Crippen LogP) is 3.19. The maximum Gasteiger partial charge on any atom is 0.433 e. The summed E-state index contributed by atoms with van der Waals surface area (Å²) in [6.07, 6.45) is -3.30. The zero-order valence-electron chi connectivity index (χ0n) is 15.8. The van der Waals surface area contributed by atoms with Gasteiger partial charge in [-0.15, -0.1) is 0 Å². The van der Waals surface area contributed by atoms with Gasteiger partial charge in [-0.1, -0.05) is 29.8 Å². The van der Waals surface area contributed by atoms with Crippen LogP contribution >= 0.6 is 11.6 Å². The summed E-state index contributed by atoms with van der Waals surface area (Å²) >= 11 is 5.84. The molecule has 2 aromatic rings. The standard InChI is InChI=1S/C20H22ClF3N4O/c21-17-5-3-15(4-6-17)12-26-18(29)14-28-10-8-27(9-11-28)13-16-2-1-7-25-19(16)20(22,23)24/h1-7H,8-14H2,(H,26,29). The first-order valence-electron chi connectivity index (χ1n) is 9.28. The zero-order valence-corrected chi connectivity index (χ0v) is 16.5. The Morgan fingerprint density at radius 1 is 1.07 bits per heavy atom. The Morgan fingerprint density at radius 3 is 2.38 bits per heavy atom. The normalized spacial score (nSPS) is 16.0. The van der Waals surface area contributed by atoms with Crippen molar-refractivity contribution in [1.82, 2.24) is 20.1 Å². The van der Waals surface area contributed by atoms with Crippen LogP contribution in [0.3, 0.4) is 0 Å². The van der Waals surface area contributed by atoms with Crippen LogP contribution in [0.25, 0.3) is 0 Å². The molecule has 0 unspecified atom stereocenters. The molecule has 1 fully saturated rings. The highest BCUT2D eigenvalue weighted by Crippen LogP contribution is 2.30. The second-order valence-electron chi connectivity index (χ2n) is 6.96. The van der Waals surface area contributed by atoms with E-state index in [1.165, 1.54) is 12.1 Å². The summed E-state index contributed by atoms with van der Waals surface area (Å²) in [6, 6.07) is 10.2. The predicted molar refractivity (Wildman–Crippen MR) is 104 cm³/mol. The van der Waals surface area contributed by atoms with E-state index in [1.807, 2.05) is 21.9 Å². The van der Waals surface area contributed by atoms with Gasteiger partial charge >= 0.3 is 6.18 Å². The lowest BCUT2D eigenvalue weighted by molar-refractivity contribution is -0.142. The van der Waals surface area contributed by atoms with Crippen molar-refractivity contribution < 1.29 is 18.0 Å². The summed E-state index contributed by atoms with van der Waals surface area (Å²) in [5.74, 6) is -0.0833. The molecule has 0 atom stereocenters. The van der Waals surface area contributed by atoms with Gasteiger partial charge in [0.1, 0.15) is 5.69 Å². The minimum Gasteiger partial charge on any atom is -0.351 e. The van der Waals surface area contributed by atoms with E-state index < -0.39 is 11.9 Å². The molecule has 1 aromatic heterocycles. The van der Waals surface area contributed by atoms with Crippen LogP contribution in [0.4, 0.5) is 13.2 Å². The van der Waals surface area contributed by atoms with Crippen LogP contribution in [0.1, 0.15) is 16.8 Å². The smallest absolute Gasteiger partial charge is 0.351 e. The van der Waals surface area contributed by atoms with Crippen LogP contribution in [0, 0.1) is 0 Å². The molecule has 1 amide bonds. The van der Waals surface area contributed by atoms with E-state index in [0.717, 1.165) is 11.8 Å². The van der Waals surface area contributed by atoms with Gasteiger partial charge in [0.25, 0.3) is 0 Å². The van der Waals surface area contributed by atoms with Crippen molar-refractivity contribution in [3.05, 3.63) is 64.4 Å². The quantitative estimate of drug-likeness (QED) is 0.770. The van der Waals surface area contributed by atoms with Crippen LogP contribution < -0.4 is 5.32 Å². The number of piperazine rings is 1. The van der Waals surface area contributed by atoms with Crippen LogP contribution in [0.2, 0.25) is 5.02 Å². The van der Waals surface area contributed by atoms with Crippen molar-refractivity contribution in [2.75, 3.05) is 32.7 Å². The number of hydrogen-bond acceptors (Lipinski definition) is 4. The molecular weight excluding hydrogens is 405 g/mol. The van der Waals surface area contributed by atoms with Crippen LogP contribution in [0.15, 0.2) is 42.6 Å². The molecule has 1 aliphatic heterocycles. The summed E-state index contributed by atoms with van der Waals surface area (Å²) in [6.45, 7) is 3.32. The summed E-state index contributed by atoms with van der Waals surface area (Å²) in [5.41, 5.74) is 0.308. The number of rotatable bonds is 6. The average Bonchev–Trinajstić information content (AvgIpc) is 2.69. The Bertz CT molecular complexity index is 821. The maximum atomic E-state index is 13.1. The minimum absolute atomic E-state index is 0.0833. The third-order valence-corrected chi connectivity index (χ3v) is 5.04. The van der Waals surface area contributed by atoms with E-state index in [-0.39, 0.29) is 24.6 Å². The molecule has 156 valence electrons. The summed E-state index contributed by atoms with van der Waals surface area (Å²) < 4.78 is 39.2. The number of nitrogens with zero attached hydrogens (tertiary/aromatic N) is 3. The second-order valence-corrected chi connectivity index (χ2v) is 7.40. The SMILES string of the molecule is O=C(CN1CCN(Cc2cccnc2C(F)(F)F)CC1)NCc1ccc(Cl)cc1. The van der Waals surface area contributed by atoms with Crippen molar-refractivity contribution in [3.8, 4) is 0 Å². The molecule has 0 saturated carbocycles. The number of carbonyl (C=O) groups excluding carboxylic acids is 1. The van der Waals surface area contributed by atoms with Gasteiger partial charge in [0.15, 0.2) is 0 Å². The van der Waals surface area contributed by atoms with Gasteiger partial charge in [0.2, 0.25) is 5.91 Å². The van der Waals surface area contributed by atoms with Crippen molar-refractivity contribution in [2.45, 2.75) is 19.3 Å². The molecule has 0 bridgehead atoms. The summed E-state index contributed by atoms with van der Waals surface area (Å²) in [5, 5.41) is 3.52. The lowest BCUT2D eigenvalue weighted by atomic mass is 10.1. The number of carbonyl (C=O) groups is 1. The highest BCUT2D eigenvalue weighted by molar-refractivity contribution is 6.30. The largest absolute Gasteiger partial charge is 0.433 e. The average molecular weight is 427 g/mol. The fourth-order valence-corrected chi connectivity index (χ4v) is 3.36. The Hall–Kier alpha value is -2.16. The highest BCUT2D eigenvalue weighted by atomic mass is 35.5. The van der Waals surface area contributed by atoms with Crippen molar-refractivity contribution in [3.63, 3.8) is 0 Å². The maximum absolute atomic E-state index is 13.1. The number of pyridine rings is 1. The number of amides is 1. The van der Waals surface area contributed by atoms with E-state index in [9.17, 15) is 18.0 Å². The third kappa shape index (κ3) is 6.42. The van der Waals surface area contributed by atoms with Gasteiger partial charge in [-0.3, -0.25) is 19.6 Å². The topological polar surface area (TPSA) is 48.5 Å². The molecule has 29 heavy (non-hydrogen) atoms. The number of alkyl halides is 3. The lowest BCUT2D eigenvalue weighted by Gasteiger charge is -2.34. The Balaban J connectivity index is 1.44. The molecule has 1 saturated heterocycles. The van der Waals surface area contributed by atoms with Gasteiger partial charge in [0, 0.05) is 50.5 Å². The number of halogens is 4. The van der Waals surface area contributed by atoms with Crippen LogP contribution in [-0.2, 0) is 24.1 Å². The van der Waals surface area contributed by atoms with E-state index in [4.69, 9.17) is 11.6 Å². The molecule has 9 heteroatoms. The van der Waals surface area contributed by atoms with E-state index in [1.54, 1.807) is 12.1 Å². The number of nitrogens with one attached hydrogen (secondary N) is 1. The lowest BCUT2D eigenvalue weighted by Crippen LogP contribution is -2.49. The first-order chi connectivity index (χ1) is 13.8. The Labute approximate surface area is 172 Å². The minimum atomic E-state index is -4.46. The molecule has 0 aliphatic carbocycles. The van der Waals surface area contributed by atoms with E-state index in [2.05, 4.69) is 10.3 Å². The summed E-state index contributed by atoms with van der Waals surface area (Å²) in [7, 11) is 0. The Kier molecular flexibility index (Phi) is 7.10. The monoisotopic (exact) mass is 426 g/mol. The molecule has 3 rings (SSSR count). The number of aromatic nitrogens is 1. The van der Waals surface area contributed by atoms with Gasteiger partial charge in [-0.05, 0) is 29.3 Å². The molecule has 1 aliphatic rings. The van der Waals surface area contributed by atoms with Crippen LogP contribution in [0.5, 0.6) is 0 Å². The number of benzene rings is 1. The molecular formula is C20H22ClF3N4O. The van der Waals surface area contributed by atoms with Crippen molar-refractivity contribution in [2.24, 2.45) is 0 Å². The molecule has 0 spiro atoms.